The van der Waals surface area contributed by atoms with Crippen molar-refractivity contribution in [1.29, 1.82) is 0 Å². The van der Waals surface area contributed by atoms with Gasteiger partial charge in [-0.3, -0.25) is 0 Å². The number of ether oxygens (including phenoxy) is 1. The molecule has 2 aromatic carbocycles. The fourth-order valence-electron chi connectivity index (χ4n) is 2.37. The van der Waals surface area contributed by atoms with Gasteiger partial charge in [-0.25, -0.2) is 4.39 Å². The molecule has 0 bridgehead atoms. The number of halogens is 1. The van der Waals surface area contributed by atoms with Gasteiger partial charge in [0.15, 0.2) is 0 Å². The summed E-state index contributed by atoms with van der Waals surface area (Å²) in [7, 11) is 1.93. The van der Waals surface area contributed by atoms with Crippen molar-refractivity contribution in [1.82, 2.24) is 0 Å². The average Bonchev–Trinajstić information content (AvgIpc) is 2.46. The van der Waals surface area contributed by atoms with Gasteiger partial charge in [0.2, 0.25) is 0 Å². The van der Waals surface area contributed by atoms with Crippen LogP contribution >= 0.6 is 0 Å². The van der Waals surface area contributed by atoms with Gasteiger partial charge in [-0.2, -0.15) is 0 Å². The Hall–Kier alpha value is -2.03. The highest BCUT2D eigenvalue weighted by atomic mass is 19.1. The van der Waals surface area contributed by atoms with Crippen molar-refractivity contribution < 1.29 is 9.13 Å². The van der Waals surface area contributed by atoms with Gasteiger partial charge in [0.05, 0.1) is 6.61 Å². The number of aryl methyl sites for hydroxylation is 1. The number of benzene rings is 2. The SMILES string of the molecule is CN(c1cccc(F)c1)c1ccc2c(c1)OCCC2. The molecule has 19 heavy (non-hydrogen) atoms. The summed E-state index contributed by atoms with van der Waals surface area (Å²) in [4.78, 5) is 1.96. The lowest BCUT2D eigenvalue weighted by Crippen LogP contribution is -2.12. The minimum absolute atomic E-state index is 0.224. The highest BCUT2D eigenvalue weighted by Gasteiger charge is 2.13. The zero-order chi connectivity index (χ0) is 13.2. The van der Waals surface area contributed by atoms with Crippen molar-refractivity contribution in [3.05, 3.63) is 53.8 Å². The lowest BCUT2D eigenvalue weighted by Gasteiger charge is -2.23. The molecule has 0 amide bonds. The van der Waals surface area contributed by atoms with Gasteiger partial charge >= 0.3 is 0 Å². The molecule has 0 aliphatic carbocycles. The summed E-state index contributed by atoms with van der Waals surface area (Å²) in [5.74, 6) is 0.727. The van der Waals surface area contributed by atoms with Crippen LogP contribution in [0, 0.1) is 5.82 Å². The van der Waals surface area contributed by atoms with Crippen LogP contribution in [0.25, 0.3) is 0 Å². The molecule has 98 valence electrons. The van der Waals surface area contributed by atoms with Gasteiger partial charge in [0.1, 0.15) is 11.6 Å². The zero-order valence-electron chi connectivity index (χ0n) is 10.9. The monoisotopic (exact) mass is 257 g/mol. The summed E-state index contributed by atoms with van der Waals surface area (Å²) < 4.78 is 18.9. The Bertz CT molecular complexity index is 597. The third-order valence-electron chi connectivity index (χ3n) is 3.48. The number of rotatable bonds is 2. The van der Waals surface area contributed by atoms with Gasteiger partial charge < -0.3 is 9.64 Å². The van der Waals surface area contributed by atoms with E-state index in [2.05, 4.69) is 12.1 Å². The Morgan fingerprint density at radius 2 is 1.95 bits per heavy atom. The molecule has 2 aromatic rings. The van der Waals surface area contributed by atoms with Crippen molar-refractivity contribution in [2.45, 2.75) is 12.8 Å². The summed E-state index contributed by atoms with van der Waals surface area (Å²) >= 11 is 0. The maximum absolute atomic E-state index is 13.3. The third kappa shape index (κ3) is 2.41. The van der Waals surface area contributed by atoms with E-state index in [0.717, 1.165) is 36.6 Å². The first-order chi connectivity index (χ1) is 9.24. The Balaban J connectivity index is 1.93. The van der Waals surface area contributed by atoms with Crippen LogP contribution in [-0.4, -0.2) is 13.7 Å². The molecule has 3 heteroatoms. The predicted octanol–water partition coefficient (Wildman–Crippen LogP) is 3.92. The maximum atomic E-state index is 13.3. The summed E-state index contributed by atoms with van der Waals surface area (Å²) in [6.07, 6.45) is 2.14. The van der Waals surface area contributed by atoms with E-state index in [0.29, 0.717) is 0 Å². The molecule has 0 atom stereocenters. The molecule has 0 radical (unpaired) electrons. The fraction of sp³-hybridized carbons (Fsp3) is 0.250. The number of nitrogens with zero attached hydrogens (tertiary/aromatic N) is 1. The van der Waals surface area contributed by atoms with Crippen molar-refractivity contribution in [3.8, 4) is 5.75 Å². The van der Waals surface area contributed by atoms with Gasteiger partial charge in [-0.15, -0.1) is 0 Å². The standard InChI is InChI=1S/C16H16FNO/c1-18(14-6-2-5-13(17)10-14)15-8-7-12-4-3-9-19-16(12)11-15/h2,5-8,10-11H,3-4,9H2,1H3. The average molecular weight is 257 g/mol. The molecule has 1 aliphatic heterocycles. The van der Waals surface area contributed by atoms with Gasteiger partial charge in [0, 0.05) is 24.5 Å². The molecule has 1 heterocycles. The first-order valence-electron chi connectivity index (χ1n) is 6.49. The Kier molecular flexibility index (Phi) is 3.11. The minimum atomic E-state index is -0.224. The van der Waals surface area contributed by atoms with Crippen LogP contribution in [0.5, 0.6) is 5.75 Å². The quantitative estimate of drug-likeness (QED) is 0.808. The maximum Gasteiger partial charge on any atom is 0.125 e. The lowest BCUT2D eigenvalue weighted by molar-refractivity contribution is 0.288. The highest BCUT2D eigenvalue weighted by Crippen LogP contribution is 2.32. The topological polar surface area (TPSA) is 12.5 Å². The van der Waals surface area contributed by atoms with Gasteiger partial charge in [-0.05, 0) is 42.7 Å². The second kappa shape index (κ2) is 4.92. The van der Waals surface area contributed by atoms with Crippen LogP contribution in [0.3, 0.4) is 0 Å². The van der Waals surface area contributed by atoms with Gasteiger partial charge in [0.25, 0.3) is 0 Å². The van der Waals surface area contributed by atoms with Crippen LogP contribution in [0.15, 0.2) is 42.5 Å². The van der Waals surface area contributed by atoms with E-state index in [1.807, 2.05) is 24.1 Å². The molecule has 0 spiro atoms. The summed E-state index contributed by atoms with van der Waals surface area (Å²) in [5, 5.41) is 0. The molecule has 2 nitrogen and oxygen atoms in total. The van der Waals surface area contributed by atoms with Crippen LogP contribution in [0.1, 0.15) is 12.0 Å². The molecule has 0 aromatic heterocycles. The van der Waals surface area contributed by atoms with Crippen molar-refractivity contribution in [2.75, 3.05) is 18.6 Å². The van der Waals surface area contributed by atoms with E-state index in [1.54, 1.807) is 6.07 Å². The minimum Gasteiger partial charge on any atom is -0.493 e. The summed E-state index contributed by atoms with van der Waals surface area (Å²) in [5.41, 5.74) is 3.09. The fourth-order valence-corrected chi connectivity index (χ4v) is 2.37. The van der Waals surface area contributed by atoms with E-state index in [9.17, 15) is 4.39 Å². The first kappa shape index (κ1) is 12.0. The molecule has 0 saturated heterocycles. The molecular formula is C16H16FNO. The Morgan fingerprint density at radius 1 is 1.11 bits per heavy atom. The van der Waals surface area contributed by atoms with Crippen LogP contribution in [0.2, 0.25) is 0 Å². The van der Waals surface area contributed by atoms with E-state index < -0.39 is 0 Å². The predicted molar refractivity (Wildman–Crippen MR) is 74.7 cm³/mol. The van der Waals surface area contributed by atoms with E-state index >= 15 is 0 Å². The molecule has 0 unspecified atom stereocenters. The number of anilines is 2. The first-order valence-corrected chi connectivity index (χ1v) is 6.49. The van der Waals surface area contributed by atoms with Crippen LogP contribution in [-0.2, 0) is 6.42 Å². The zero-order valence-corrected chi connectivity index (χ0v) is 10.9. The second-order valence-corrected chi connectivity index (χ2v) is 4.78. The highest BCUT2D eigenvalue weighted by molar-refractivity contribution is 5.65. The molecule has 0 fully saturated rings. The van der Waals surface area contributed by atoms with E-state index in [4.69, 9.17) is 4.74 Å². The summed E-state index contributed by atoms with van der Waals surface area (Å²) in [6, 6.07) is 12.8. The largest absolute Gasteiger partial charge is 0.493 e. The summed E-state index contributed by atoms with van der Waals surface area (Å²) in [6.45, 7) is 0.778. The molecule has 3 rings (SSSR count). The number of hydrogen-bond acceptors (Lipinski definition) is 2. The molecular weight excluding hydrogens is 241 g/mol. The van der Waals surface area contributed by atoms with Crippen molar-refractivity contribution in [3.63, 3.8) is 0 Å². The number of hydrogen-bond donors (Lipinski definition) is 0. The smallest absolute Gasteiger partial charge is 0.125 e. The van der Waals surface area contributed by atoms with Crippen molar-refractivity contribution >= 4 is 11.4 Å². The second-order valence-electron chi connectivity index (χ2n) is 4.78. The number of fused-ring (bicyclic) bond motifs is 1. The van der Waals surface area contributed by atoms with E-state index in [1.165, 1.54) is 17.7 Å². The molecule has 0 N–H and O–H groups in total. The normalized spacial score (nSPS) is 13.6. The van der Waals surface area contributed by atoms with Gasteiger partial charge in [-0.1, -0.05) is 12.1 Å². The Morgan fingerprint density at radius 3 is 2.79 bits per heavy atom. The molecule has 0 saturated carbocycles. The Labute approximate surface area is 112 Å². The van der Waals surface area contributed by atoms with Crippen molar-refractivity contribution in [2.24, 2.45) is 0 Å². The van der Waals surface area contributed by atoms with Crippen LogP contribution in [0.4, 0.5) is 15.8 Å². The van der Waals surface area contributed by atoms with Crippen LogP contribution < -0.4 is 9.64 Å². The molecule has 1 aliphatic rings. The third-order valence-corrected chi connectivity index (χ3v) is 3.48. The lowest BCUT2D eigenvalue weighted by atomic mass is 10.1. The van der Waals surface area contributed by atoms with E-state index in [-0.39, 0.29) is 5.82 Å².